The van der Waals surface area contributed by atoms with Crippen molar-refractivity contribution >= 4 is 12.0 Å². The monoisotopic (exact) mass is 335 g/mol. The maximum Gasteiger partial charge on any atom is 0.413 e. The third-order valence-electron chi connectivity index (χ3n) is 4.05. The number of methoxy groups -OCH3 is 1. The summed E-state index contributed by atoms with van der Waals surface area (Å²) >= 11 is 0. The molecular weight excluding hydrogens is 304 g/mol. The summed E-state index contributed by atoms with van der Waals surface area (Å²) in [7, 11) is 1.24. The van der Waals surface area contributed by atoms with Gasteiger partial charge in [-0.05, 0) is 24.8 Å². The first-order valence-corrected chi connectivity index (χ1v) is 8.57. The van der Waals surface area contributed by atoms with Gasteiger partial charge in [0.05, 0.1) is 7.11 Å². The molecule has 134 valence electrons. The third kappa shape index (κ3) is 6.32. The minimum absolute atomic E-state index is 0.150. The summed E-state index contributed by atoms with van der Waals surface area (Å²) in [5.41, 5.74) is 2.52. The molecule has 0 bridgehead atoms. The van der Waals surface area contributed by atoms with Crippen LogP contribution in [0, 0.1) is 11.8 Å². The Morgan fingerprint density at radius 2 is 1.67 bits per heavy atom. The maximum atomic E-state index is 12.0. The van der Waals surface area contributed by atoms with Crippen LogP contribution in [-0.4, -0.2) is 25.2 Å². The first-order chi connectivity index (χ1) is 11.2. The molecule has 0 fully saturated rings. The van der Waals surface area contributed by atoms with Gasteiger partial charge in [-0.1, -0.05) is 52.0 Å². The number of alkyl carbamates (subject to hydrolysis) is 1. The van der Waals surface area contributed by atoms with Gasteiger partial charge in [0.1, 0.15) is 6.04 Å². The van der Waals surface area contributed by atoms with Crippen LogP contribution in [0.5, 0.6) is 0 Å². The number of carbonyl (C=O) groups excluding carboxylic acids is 2. The normalized spacial score (nSPS) is 13.7. The summed E-state index contributed by atoms with van der Waals surface area (Å²) in [6.45, 7) is 10.5. The lowest BCUT2D eigenvalue weighted by Gasteiger charge is -2.23. The van der Waals surface area contributed by atoms with Gasteiger partial charge in [-0.3, -0.25) is 10.1 Å². The average molecular weight is 335 g/mol. The van der Waals surface area contributed by atoms with Gasteiger partial charge in [0.2, 0.25) is 0 Å². The summed E-state index contributed by atoms with van der Waals surface area (Å²) in [6.07, 6.45) is 0.341. The molecule has 3 N–H and O–H groups in total. The van der Waals surface area contributed by atoms with Crippen LogP contribution in [0.2, 0.25) is 0 Å². The predicted molar refractivity (Wildman–Crippen MR) is 94.5 cm³/mol. The van der Waals surface area contributed by atoms with E-state index < -0.39 is 6.09 Å². The summed E-state index contributed by atoms with van der Waals surface area (Å²) in [4.78, 5) is 23.2. The molecule has 2 atom stereocenters. The zero-order chi connectivity index (χ0) is 18.3. The Hall–Kier alpha value is -1.88. The zero-order valence-corrected chi connectivity index (χ0v) is 15.6. The lowest BCUT2D eigenvalue weighted by atomic mass is 9.93. The number of hydrogen-bond acceptors (Lipinski definition) is 3. The smallest absolute Gasteiger partial charge is 0.413 e. The SMILES string of the molecule is COC(=O)NC(=O)[C@@H](C)[NH2+][C@@H](c1ccc(CC(C)C)cc1)C(C)C. The first-order valence-electron chi connectivity index (χ1n) is 8.57. The summed E-state index contributed by atoms with van der Waals surface area (Å²) in [5, 5.41) is 4.22. The summed E-state index contributed by atoms with van der Waals surface area (Å²) in [5.74, 6) is 0.642. The number of nitrogens with two attached hydrogens (primary N) is 1. The highest BCUT2D eigenvalue weighted by Crippen LogP contribution is 2.19. The fourth-order valence-corrected chi connectivity index (χ4v) is 2.73. The van der Waals surface area contributed by atoms with Crippen LogP contribution in [0.4, 0.5) is 4.79 Å². The standard InChI is InChI=1S/C19H30N2O3/c1-12(2)11-15-7-9-16(10-8-15)17(13(3)4)20-14(5)18(22)21-19(23)24-6/h7-10,12-14,17,20H,11H2,1-6H3,(H,21,22,23)/p+1/t14-,17-/m1/s1. The molecule has 0 radical (unpaired) electrons. The van der Waals surface area contributed by atoms with Crippen LogP contribution in [0.25, 0.3) is 0 Å². The quantitative estimate of drug-likeness (QED) is 0.804. The van der Waals surface area contributed by atoms with Crippen LogP contribution in [-0.2, 0) is 16.0 Å². The summed E-state index contributed by atoms with van der Waals surface area (Å²) in [6, 6.07) is 8.38. The van der Waals surface area contributed by atoms with Gasteiger partial charge in [0, 0.05) is 11.5 Å². The van der Waals surface area contributed by atoms with Gasteiger partial charge in [-0.15, -0.1) is 0 Å². The van der Waals surface area contributed by atoms with E-state index in [1.807, 2.05) is 5.32 Å². The van der Waals surface area contributed by atoms with Crippen molar-refractivity contribution in [3.05, 3.63) is 35.4 Å². The number of nitrogens with one attached hydrogen (secondary N) is 1. The molecular formula is C19H31N2O3+. The second-order valence-electron chi connectivity index (χ2n) is 7.07. The molecule has 1 aromatic carbocycles. The molecule has 0 saturated heterocycles. The minimum Gasteiger partial charge on any atom is -0.453 e. The molecule has 24 heavy (non-hydrogen) atoms. The van der Waals surface area contributed by atoms with Crippen molar-refractivity contribution in [1.29, 1.82) is 0 Å². The number of carbonyl (C=O) groups is 2. The molecule has 2 amide bonds. The van der Waals surface area contributed by atoms with Crippen LogP contribution < -0.4 is 10.6 Å². The van der Waals surface area contributed by atoms with Crippen molar-refractivity contribution in [3.8, 4) is 0 Å². The van der Waals surface area contributed by atoms with Crippen LogP contribution in [0.1, 0.15) is 51.8 Å². The Morgan fingerprint density at radius 3 is 2.12 bits per heavy atom. The van der Waals surface area contributed by atoms with Crippen LogP contribution >= 0.6 is 0 Å². The molecule has 5 heteroatoms. The molecule has 0 spiro atoms. The average Bonchev–Trinajstić information content (AvgIpc) is 2.52. The highest BCUT2D eigenvalue weighted by atomic mass is 16.5. The van der Waals surface area contributed by atoms with E-state index in [-0.39, 0.29) is 18.0 Å². The van der Waals surface area contributed by atoms with Gasteiger partial charge >= 0.3 is 6.09 Å². The van der Waals surface area contributed by atoms with E-state index in [2.05, 4.69) is 62.0 Å². The van der Waals surface area contributed by atoms with E-state index in [4.69, 9.17) is 0 Å². The lowest BCUT2D eigenvalue weighted by molar-refractivity contribution is -0.719. The highest BCUT2D eigenvalue weighted by molar-refractivity contribution is 5.93. The lowest BCUT2D eigenvalue weighted by Crippen LogP contribution is -2.93. The number of ether oxygens (including phenoxy) is 1. The molecule has 0 aliphatic heterocycles. The third-order valence-corrected chi connectivity index (χ3v) is 4.05. The minimum atomic E-state index is -0.723. The van der Waals surface area contributed by atoms with E-state index in [1.165, 1.54) is 18.2 Å². The van der Waals surface area contributed by atoms with Crippen molar-refractivity contribution in [2.75, 3.05) is 7.11 Å². The number of hydrogen-bond donors (Lipinski definition) is 2. The van der Waals surface area contributed by atoms with Crippen molar-refractivity contribution < 1.29 is 19.6 Å². The summed E-state index contributed by atoms with van der Waals surface area (Å²) < 4.78 is 4.47. The number of quaternary nitrogens is 1. The van der Waals surface area contributed by atoms with E-state index in [0.717, 1.165) is 6.42 Å². The molecule has 1 rings (SSSR count). The Morgan fingerprint density at radius 1 is 1.08 bits per heavy atom. The molecule has 1 aromatic rings. The molecule has 0 heterocycles. The van der Waals surface area contributed by atoms with E-state index in [9.17, 15) is 9.59 Å². The van der Waals surface area contributed by atoms with Gasteiger partial charge in [-0.2, -0.15) is 0 Å². The van der Waals surface area contributed by atoms with Crippen molar-refractivity contribution in [2.45, 2.75) is 53.1 Å². The number of rotatable bonds is 7. The predicted octanol–water partition coefficient (Wildman–Crippen LogP) is 2.42. The Labute approximate surface area is 145 Å². The first kappa shape index (κ1) is 20.2. The van der Waals surface area contributed by atoms with Gasteiger partial charge in [0.25, 0.3) is 5.91 Å². The van der Waals surface area contributed by atoms with Crippen LogP contribution in [0.3, 0.4) is 0 Å². The topological polar surface area (TPSA) is 72.0 Å². The van der Waals surface area contributed by atoms with Gasteiger partial charge < -0.3 is 10.1 Å². The second kappa shape index (κ2) is 9.42. The Bertz CT molecular complexity index is 538. The van der Waals surface area contributed by atoms with Crippen molar-refractivity contribution in [2.24, 2.45) is 11.8 Å². The van der Waals surface area contributed by atoms with E-state index in [1.54, 1.807) is 6.92 Å². The Kier molecular flexibility index (Phi) is 7.92. The maximum absolute atomic E-state index is 12.0. The van der Waals surface area contributed by atoms with Gasteiger partial charge in [0.15, 0.2) is 6.04 Å². The highest BCUT2D eigenvalue weighted by Gasteiger charge is 2.26. The van der Waals surface area contributed by atoms with Crippen LogP contribution in [0.15, 0.2) is 24.3 Å². The number of imide groups is 1. The van der Waals surface area contributed by atoms with E-state index >= 15 is 0 Å². The fraction of sp³-hybridized carbons (Fsp3) is 0.579. The molecule has 0 saturated carbocycles. The second-order valence-corrected chi connectivity index (χ2v) is 7.07. The Balaban J connectivity index is 2.79. The van der Waals surface area contributed by atoms with Crippen molar-refractivity contribution in [3.63, 3.8) is 0 Å². The molecule has 0 aliphatic carbocycles. The molecule has 0 aliphatic rings. The van der Waals surface area contributed by atoms with Crippen molar-refractivity contribution in [1.82, 2.24) is 5.32 Å². The fourth-order valence-electron chi connectivity index (χ4n) is 2.73. The largest absolute Gasteiger partial charge is 0.453 e. The van der Waals surface area contributed by atoms with Gasteiger partial charge in [-0.25, -0.2) is 4.79 Å². The molecule has 0 aromatic heterocycles. The molecule has 0 unspecified atom stereocenters. The molecule has 5 nitrogen and oxygen atoms in total. The number of amides is 2. The zero-order valence-electron chi connectivity index (χ0n) is 15.6. The number of benzene rings is 1. The van der Waals surface area contributed by atoms with E-state index in [0.29, 0.717) is 11.8 Å².